The number of quaternary nitrogens is 1. The molecule has 166 valence electrons. The lowest BCUT2D eigenvalue weighted by Crippen LogP contribution is -2.71. The normalized spacial score (nSPS) is 18.1. The summed E-state index contributed by atoms with van der Waals surface area (Å²) in [5, 5.41) is 26.6. The average Bonchev–Trinajstić information content (AvgIpc) is 2.79. The maximum Gasteiger partial charge on any atom is 0.254 e. The maximum atomic E-state index is 11.9. The second-order valence-electron chi connectivity index (χ2n) is 7.54. The van der Waals surface area contributed by atoms with Crippen LogP contribution in [-0.2, 0) is 0 Å². The van der Waals surface area contributed by atoms with Gasteiger partial charge in [-0.1, -0.05) is 17.9 Å². The topological polar surface area (TPSA) is 196 Å². The monoisotopic (exact) mass is 435 g/mol. The van der Waals surface area contributed by atoms with Gasteiger partial charge in [0.25, 0.3) is 5.91 Å². The van der Waals surface area contributed by atoms with Gasteiger partial charge in [0, 0.05) is 36.8 Å². The van der Waals surface area contributed by atoms with Crippen LogP contribution in [0.5, 0.6) is 0 Å². The summed E-state index contributed by atoms with van der Waals surface area (Å²) in [6.07, 6.45) is 8.12. The molecule has 3 rings (SSSR count). The number of nitrogens with two attached hydrogens (primary N) is 3. The van der Waals surface area contributed by atoms with Crippen molar-refractivity contribution in [3.8, 4) is 6.07 Å². The largest absolute Gasteiger partial charge is 0.365 e. The number of aromatic nitrogens is 2. The quantitative estimate of drug-likeness (QED) is 0.146. The molecule has 0 bridgehead atoms. The van der Waals surface area contributed by atoms with Crippen molar-refractivity contribution in [2.45, 2.75) is 31.7 Å². The Balaban J connectivity index is 1.81. The lowest BCUT2D eigenvalue weighted by atomic mass is 9.85. The molecular weight excluding hydrogens is 408 g/mol. The van der Waals surface area contributed by atoms with Crippen molar-refractivity contribution in [3.63, 3.8) is 0 Å². The molecule has 0 spiro atoms. The molecular formula is C21H27N10O+. The second kappa shape index (κ2) is 10.9. The highest BCUT2D eigenvalue weighted by Gasteiger charge is 2.22. The van der Waals surface area contributed by atoms with Crippen LogP contribution in [0.3, 0.4) is 0 Å². The number of hydrogen-bond donors (Lipinski definition) is 6. The van der Waals surface area contributed by atoms with Crippen molar-refractivity contribution in [2.75, 3.05) is 17.2 Å². The van der Waals surface area contributed by atoms with E-state index in [2.05, 4.69) is 31.8 Å². The third-order valence-corrected chi connectivity index (χ3v) is 5.35. The van der Waals surface area contributed by atoms with E-state index in [0.29, 0.717) is 35.3 Å². The van der Waals surface area contributed by atoms with Crippen molar-refractivity contribution in [1.29, 1.82) is 10.7 Å². The third kappa shape index (κ3) is 5.84. The zero-order valence-corrected chi connectivity index (χ0v) is 17.6. The lowest BCUT2D eigenvalue weighted by Gasteiger charge is -2.28. The Morgan fingerprint density at radius 3 is 2.94 bits per heavy atom. The van der Waals surface area contributed by atoms with Crippen LogP contribution < -0.4 is 27.5 Å². The molecule has 1 fully saturated rings. The Morgan fingerprint density at radius 2 is 2.22 bits per heavy atom. The Labute approximate surface area is 185 Å². The number of hydrogen-bond acceptors (Lipinski definition) is 9. The fraction of sp³-hybridized carbons (Fsp3) is 0.333. The predicted molar refractivity (Wildman–Crippen MR) is 122 cm³/mol. The highest BCUT2D eigenvalue weighted by molar-refractivity contribution is 6.14. The number of carbonyl (C=O) groups excluding carboxylic acids is 1. The number of benzene rings is 1. The molecule has 0 aliphatic heterocycles. The van der Waals surface area contributed by atoms with Gasteiger partial charge in [-0.3, -0.25) is 4.79 Å². The van der Waals surface area contributed by atoms with Crippen LogP contribution >= 0.6 is 0 Å². The Morgan fingerprint density at radius 1 is 1.41 bits per heavy atom. The van der Waals surface area contributed by atoms with E-state index in [-0.39, 0.29) is 17.4 Å². The average molecular weight is 436 g/mol. The molecule has 1 amide bonds. The van der Waals surface area contributed by atoms with Gasteiger partial charge in [0.15, 0.2) is 5.69 Å². The standard InChI is InChI=1S/C21H26N10O/c22-7-8-28-31-18-9-15(6-5-13(18)10-23)29-20-16(19(25)32)12-27-21(30-20)26-11-14-3-1-2-4-17(14)24/h5-9,12,14,17,22,31H,1-4,11,24H2,(H2,25,32)(H2,26,27,29,30)/p+1/b22-7?,28-8-/t14-,17-/m0/s1. The number of carbonyl (C=O) groups is 1. The molecule has 1 aromatic heterocycles. The van der Waals surface area contributed by atoms with Crippen molar-refractivity contribution >= 4 is 41.5 Å². The highest BCUT2D eigenvalue weighted by atomic mass is 16.1. The number of nitrogens with zero attached hydrogens (tertiary/aromatic N) is 4. The number of amides is 1. The maximum absolute atomic E-state index is 11.9. The number of nitrogens with one attached hydrogen (secondary N) is 3. The molecule has 2 atom stereocenters. The van der Waals surface area contributed by atoms with Gasteiger partial charge in [-0.25, -0.2) is 4.98 Å². The number of nitriles is 1. The smallest absolute Gasteiger partial charge is 0.254 e. The zero-order chi connectivity index (χ0) is 22.9. The first kappa shape index (κ1) is 22.8. The number of rotatable bonds is 9. The van der Waals surface area contributed by atoms with E-state index in [1.165, 1.54) is 17.8 Å². The molecule has 0 radical (unpaired) electrons. The minimum absolute atomic E-state index is 0.140. The van der Waals surface area contributed by atoms with Gasteiger partial charge in [-0.05, 0) is 30.9 Å². The SMILES string of the molecule is N#Cc1ccc(Nc2nc(NC[C@@H]3CCCC[C@@H]3N)ncc2C(N)=O)cc1[NH2+]/N=C\C=N. The summed E-state index contributed by atoms with van der Waals surface area (Å²) in [7, 11) is 0. The van der Waals surface area contributed by atoms with Crippen LogP contribution in [0.25, 0.3) is 0 Å². The Kier molecular flexibility index (Phi) is 7.80. The summed E-state index contributed by atoms with van der Waals surface area (Å²) >= 11 is 0. The lowest BCUT2D eigenvalue weighted by molar-refractivity contribution is -0.576. The fourth-order valence-corrected chi connectivity index (χ4v) is 3.61. The molecule has 11 nitrogen and oxygen atoms in total. The summed E-state index contributed by atoms with van der Waals surface area (Å²) in [4.78, 5) is 20.5. The first-order valence-electron chi connectivity index (χ1n) is 10.3. The third-order valence-electron chi connectivity index (χ3n) is 5.35. The summed E-state index contributed by atoms with van der Waals surface area (Å²) < 4.78 is 0. The first-order valence-corrected chi connectivity index (χ1v) is 10.3. The van der Waals surface area contributed by atoms with Crippen LogP contribution in [-0.4, -0.2) is 40.9 Å². The predicted octanol–water partition coefficient (Wildman–Crippen LogP) is 0.950. The van der Waals surface area contributed by atoms with Crippen LogP contribution in [0.1, 0.15) is 41.6 Å². The minimum atomic E-state index is -0.663. The van der Waals surface area contributed by atoms with Crippen LogP contribution in [0, 0.1) is 22.7 Å². The Bertz CT molecular complexity index is 1050. The van der Waals surface area contributed by atoms with E-state index in [1.807, 2.05) is 0 Å². The molecule has 0 unspecified atom stereocenters. The molecule has 1 aliphatic rings. The van der Waals surface area contributed by atoms with Gasteiger partial charge in [-0.15, -0.1) is 0 Å². The molecule has 1 heterocycles. The van der Waals surface area contributed by atoms with E-state index >= 15 is 0 Å². The van der Waals surface area contributed by atoms with Crippen molar-refractivity contribution < 1.29 is 10.2 Å². The molecule has 1 aromatic carbocycles. The molecule has 9 N–H and O–H groups in total. The fourth-order valence-electron chi connectivity index (χ4n) is 3.61. The first-order chi connectivity index (χ1) is 15.5. The van der Waals surface area contributed by atoms with Crippen LogP contribution in [0.4, 0.5) is 23.1 Å². The van der Waals surface area contributed by atoms with E-state index in [9.17, 15) is 10.1 Å². The van der Waals surface area contributed by atoms with Gasteiger partial charge in [0.05, 0.1) is 0 Å². The van der Waals surface area contributed by atoms with E-state index in [0.717, 1.165) is 31.9 Å². The molecule has 2 aromatic rings. The van der Waals surface area contributed by atoms with Crippen molar-refractivity contribution in [1.82, 2.24) is 9.97 Å². The van der Waals surface area contributed by atoms with E-state index in [1.54, 1.807) is 18.2 Å². The van der Waals surface area contributed by atoms with E-state index < -0.39 is 5.91 Å². The number of anilines is 3. The van der Waals surface area contributed by atoms with Gasteiger partial charge in [-0.2, -0.15) is 15.7 Å². The molecule has 32 heavy (non-hydrogen) atoms. The molecule has 1 saturated carbocycles. The van der Waals surface area contributed by atoms with Gasteiger partial charge >= 0.3 is 0 Å². The number of primary amides is 1. The second-order valence-corrected chi connectivity index (χ2v) is 7.54. The van der Waals surface area contributed by atoms with Gasteiger partial charge < -0.3 is 27.5 Å². The molecule has 0 saturated heterocycles. The van der Waals surface area contributed by atoms with Crippen molar-refractivity contribution in [2.24, 2.45) is 22.5 Å². The highest BCUT2D eigenvalue weighted by Crippen LogP contribution is 2.25. The summed E-state index contributed by atoms with van der Waals surface area (Å²) in [5.41, 5.74) is 14.9. The van der Waals surface area contributed by atoms with Crippen LogP contribution in [0.15, 0.2) is 29.5 Å². The summed E-state index contributed by atoms with van der Waals surface area (Å²) in [5.74, 6) is 0.301. The van der Waals surface area contributed by atoms with Crippen molar-refractivity contribution in [3.05, 3.63) is 35.5 Å². The van der Waals surface area contributed by atoms with E-state index in [4.69, 9.17) is 16.9 Å². The molecule has 11 heteroatoms. The Hall–Kier alpha value is -3.88. The summed E-state index contributed by atoms with van der Waals surface area (Å²) in [6, 6.07) is 7.26. The molecule has 1 aliphatic carbocycles. The zero-order valence-electron chi connectivity index (χ0n) is 17.6. The minimum Gasteiger partial charge on any atom is -0.365 e. The van der Waals surface area contributed by atoms with Gasteiger partial charge in [0.1, 0.15) is 29.2 Å². The van der Waals surface area contributed by atoms with Gasteiger partial charge in [0.2, 0.25) is 5.95 Å². The summed E-state index contributed by atoms with van der Waals surface area (Å²) in [6.45, 7) is 0.650. The van der Waals surface area contributed by atoms with Crippen LogP contribution in [0.2, 0.25) is 0 Å².